The Bertz CT molecular complexity index is 1270. The number of carbonyl (C=O) groups is 1. The molecular formula is C21H24N2O6S2. The Morgan fingerprint density at radius 3 is 2.45 bits per heavy atom. The minimum absolute atomic E-state index is 0.0137. The molecular weight excluding hydrogens is 440 g/mol. The van der Waals surface area contributed by atoms with Gasteiger partial charge in [0.15, 0.2) is 0 Å². The number of para-hydroxylation sites is 1. The zero-order valence-corrected chi connectivity index (χ0v) is 19.2. The number of anilines is 2. The molecule has 0 saturated carbocycles. The molecule has 10 heteroatoms. The van der Waals surface area contributed by atoms with Gasteiger partial charge in [0.25, 0.3) is 10.0 Å². The van der Waals surface area contributed by atoms with Gasteiger partial charge < -0.3 is 4.74 Å². The van der Waals surface area contributed by atoms with Crippen LogP contribution in [0.15, 0.2) is 47.4 Å². The van der Waals surface area contributed by atoms with Gasteiger partial charge in [0, 0.05) is 6.54 Å². The van der Waals surface area contributed by atoms with E-state index in [0.717, 1.165) is 12.0 Å². The van der Waals surface area contributed by atoms with Crippen LogP contribution in [0.1, 0.15) is 25.8 Å². The number of carbonyl (C=O) groups excluding carboxylic acids is 1. The van der Waals surface area contributed by atoms with Gasteiger partial charge in [0.2, 0.25) is 15.9 Å². The number of benzene rings is 2. The Labute approximate surface area is 182 Å². The van der Waals surface area contributed by atoms with E-state index in [1.54, 1.807) is 26.0 Å². The number of sulfonamides is 2. The largest absolute Gasteiger partial charge is 0.495 e. The molecule has 0 aromatic heterocycles. The van der Waals surface area contributed by atoms with Crippen LogP contribution >= 0.6 is 0 Å². The van der Waals surface area contributed by atoms with E-state index in [1.165, 1.54) is 29.6 Å². The van der Waals surface area contributed by atoms with Gasteiger partial charge in [-0.1, -0.05) is 18.2 Å². The summed E-state index contributed by atoms with van der Waals surface area (Å²) < 4.78 is 60.0. The second-order valence-corrected chi connectivity index (χ2v) is 12.0. The fraction of sp³-hybridized carbons (Fsp3) is 0.381. The third kappa shape index (κ3) is 3.47. The lowest BCUT2D eigenvalue weighted by molar-refractivity contribution is -0.123. The van der Waals surface area contributed by atoms with E-state index in [0.29, 0.717) is 23.0 Å². The van der Waals surface area contributed by atoms with Crippen molar-refractivity contribution in [1.82, 2.24) is 0 Å². The van der Waals surface area contributed by atoms with Crippen LogP contribution in [-0.2, 0) is 31.3 Å². The van der Waals surface area contributed by atoms with Crippen LogP contribution < -0.4 is 13.3 Å². The van der Waals surface area contributed by atoms with Crippen LogP contribution in [0.2, 0.25) is 0 Å². The third-order valence-corrected chi connectivity index (χ3v) is 9.46. The summed E-state index contributed by atoms with van der Waals surface area (Å²) in [5, 5.41) is 0. The highest BCUT2D eigenvalue weighted by Gasteiger charge is 2.50. The van der Waals surface area contributed by atoms with E-state index in [-0.39, 0.29) is 22.1 Å². The maximum absolute atomic E-state index is 13.7. The summed E-state index contributed by atoms with van der Waals surface area (Å²) in [6, 6.07) is 11.3. The molecule has 2 aliphatic heterocycles. The minimum atomic E-state index is -4.08. The van der Waals surface area contributed by atoms with Gasteiger partial charge >= 0.3 is 0 Å². The van der Waals surface area contributed by atoms with Crippen LogP contribution in [0.4, 0.5) is 11.4 Å². The quantitative estimate of drug-likeness (QED) is 0.689. The lowest BCUT2D eigenvalue weighted by Gasteiger charge is -2.31. The first kappa shape index (κ1) is 21.6. The van der Waals surface area contributed by atoms with E-state index < -0.39 is 31.4 Å². The molecule has 31 heavy (non-hydrogen) atoms. The summed E-state index contributed by atoms with van der Waals surface area (Å²) >= 11 is 0. The third-order valence-electron chi connectivity index (χ3n) is 5.60. The average Bonchev–Trinajstić information content (AvgIpc) is 2.89. The summed E-state index contributed by atoms with van der Waals surface area (Å²) in [5.41, 5.74) is 0.405. The zero-order chi connectivity index (χ0) is 22.6. The van der Waals surface area contributed by atoms with E-state index in [4.69, 9.17) is 4.74 Å². The van der Waals surface area contributed by atoms with E-state index in [1.807, 2.05) is 12.1 Å². The van der Waals surface area contributed by atoms with Crippen molar-refractivity contribution >= 4 is 37.3 Å². The number of ether oxygens (including phenoxy) is 1. The van der Waals surface area contributed by atoms with Crippen LogP contribution in [-0.4, -0.2) is 42.2 Å². The molecule has 8 nitrogen and oxygen atoms in total. The Kier molecular flexibility index (Phi) is 5.05. The average molecular weight is 465 g/mol. The number of aryl methyl sites for hydroxylation is 1. The van der Waals surface area contributed by atoms with Crippen LogP contribution in [0, 0.1) is 5.41 Å². The SMILES string of the molecule is COc1ccc(N2C(=O)C(C)(C)CS2(=O)=O)cc1S(=O)(=O)N1CCCc2ccccc21. The maximum atomic E-state index is 13.7. The van der Waals surface area contributed by atoms with Crippen molar-refractivity contribution in [2.75, 3.05) is 28.0 Å². The smallest absolute Gasteiger partial charge is 0.268 e. The lowest BCUT2D eigenvalue weighted by atomic mass is 9.95. The van der Waals surface area contributed by atoms with Crippen molar-refractivity contribution in [3.8, 4) is 5.75 Å². The molecule has 1 saturated heterocycles. The van der Waals surface area contributed by atoms with Gasteiger partial charge in [-0.3, -0.25) is 9.10 Å². The van der Waals surface area contributed by atoms with Crippen molar-refractivity contribution in [3.63, 3.8) is 0 Å². The highest BCUT2D eigenvalue weighted by atomic mass is 32.2. The molecule has 2 aliphatic rings. The molecule has 1 fully saturated rings. The van der Waals surface area contributed by atoms with Crippen molar-refractivity contribution in [2.45, 2.75) is 31.6 Å². The number of fused-ring (bicyclic) bond motifs is 1. The minimum Gasteiger partial charge on any atom is -0.495 e. The summed E-state index contributed by atoms with van der Waals surface area (Å²) in [5.74, 6) is -0.855. The highest BCUT2D eigenvalue weighted by Crippen LogP contribution is 2.40. The first-order chi connectivity index (χ1) is 14.5. The second-order valence-electron chi connectivity index (χ2n) is 8.35. The maximum Gasteiger partial charge on any atom is 0.268 e. The molecule has 0 radical (unpaired) electrons. The molecule has 0 spiro atoms. The van der Waals surface area contributed by atoms with E-state index in [2.05, 4.69) is 0 Å². The van der Waals surface area contributed by atoms with E-state index in [9.17, 15) is 21.6 Å². The van der Waals surface area contributed by atoms with Crippen molar-refractivity contribution in [3.05, 3.63) is 48.0 Å². The fourth-order valence-electron chi connectivity index (χ4n) is 4.12. The molecule has 166 valence electrons. The number of hydrogen-bond acceptors (Lipinski definition) is 6. The molecule has 0 unspecified atom stereocenters. The normalized spacial score (nSPS) is 19.9. The zero-order valence-electron chi connectivity index (χ0n) is 17.5. The predicted octanol–water partition coefficient (Wildman–Crippen LogP) is 2.54. The van der Waals surface area contributed by atoms with Crippen LogP contribution in [0.25, 0.3) is 0 Å². The Hall–Kier alpha value is -2.59. The van der Waals surface area contributed by atoms with Gasteiger partial charge in [-0.05, 0) is 56.5 Å². The molecule has 2 heterocycles. The Morgan fingerprint density at radius 1 is 1.10 bits per heavy atom. The standard InChI is InChI=1S/C21H24N2O6S2/c1-21(2)14-30(25,26)23(20(21)24)16-10-11-18(29-3)19(13-16)31(27,28)22-12-6-8-15-7-4-5-9-17(15)22/h4-5,7,9-11,13H,6,8,12,14H2,1-3H3. The highest BCUT2D eigenvalue weighted by molar-refractivity contribution is 7.94. The Morgan fingerprint density at radius 2 is 1.81 bits per heavy atom. The first-order valence-corrected chi connectivity index (χ1v) is 12.9. The fourth-order valence-corrected chi connectivity index (χ4v) is 7.94. The second kappa shape index (κ2) is 7.23. The monoisotopic (exact) mass is 464 g/mol. The summed E-state index contributed by atoms with van der Waals surface area (Å²) in [6.45, 7) is 3.40. The molecule has 4 rings (SSSR count). The van der Waals surface area contributed by atoms with Crippen LogP contribution in [0.5, 0.6) is 5.75 Å². The number of amides is 1. The predicted molar refractivity (Wildman–Crippen MR) is 117 cm³/mol. The molecule has 1 amide bonds. The number of rotatable bonds is 4. The van der Waals surface area contributed by atoms with Crippen LogP contribution in [0.3, 0.4) is 0 Å². The van der Waals surface area contributed by atoms with Gasteiger partial charge in [0.1, 0.15) is 10.6 Å². The summed E-state index contributed by atoms with van der Waals surface area (Å²) in [7, 11) is -6.65. The van der Waals surface area contributed by atoms with Gasteiger partial charge in [-0.15, -0.1) is 0 Å². The molecule has 2 aromatic carbocycles. The topological polar surface area (TPSA) is 101 Å². The van der Waals surface area contributed by atoms with Gasteiger partial charge in [-0.25, -0.2) is 21.1 Å². The number of hydrogen-bond donors (Lipinski definition) is 0. The summed E-state index contributed by atoms with van der Waals surface area (Å²) in [6.07, 6.45) is 1.43. The number of nitrogens with zero attached hydrogens (tertiary/aromatic N) is 2. The lowest BCUT2D eigenvalue weighted by Crippen LogP contribution is -2.36. The van der Waals surface area contributed by atoms with Gasteiger partial charge in [-0.2, -0.15) is 0 Å². The first-order valence-electron chi connectivity index (χ1n) is 9.85. The van der Waals surface area contributed by atoms with E-state index >= 15 is 0 Å². The molecule has 0 N–H and O–H groups in total. The molecule has 0 bridgehead atoms. The van der Waals surface area contributed by atoms with Crippen molar-refractivity contribution < 1.29 is 26.4 Å². The van der Waals surface area contributed by atoms with Crippen molar-refractivity contribution in [2.24, 2.45) is 5.41 Å². The molecule has 0 aliphatic carbocycles. The number of methoxy groups -OCH3 is 1. The van der Waals surface area contributed by atoms with Gasteiger partial charge in [0.05, 0.1) is 29.7 Å². The summed E-state index contributed by atoms with van der Waals surface area (Å²) in [4.78, 5) is 12.6. The molecule has 0 atom stereocenters. The Balaban J connectivity index is 1.86. The molecule has 2 aromatic rings. The van der Waals surface area contributed by atoms with Crippen molar-refractivity contribution in [1.29, 1.82) is 0 Å².